The number of halogens is 2. The quantitative estimate of drug-likeness (QED) is 0.577. The molecule has 0 bridgehead atoms. The van der Waals surface area contributed by atoms with Gasteiger partial charge in [-0.05, 0) is 63.0 Å². The van der Waals surface area contributed by atoms with Crippen LogP contribution in [0.3, 0.4) is 0 Å². The lowest BCUT2D eigenvalue weighted by Crippen LogP contribution is -2.50. The number of hydrogen-bond acceptors (Lipinski definition) is 3. The second-order valence-corrected chi connectivity index (χ2v) is 12.0. The highest BCUT2D eigenvalue weighted by atomic mass is 32.2. The maximum Gasteiger partial charge on any atom is 0.248 e. The summed E-state index contributed by atoms with van der Waals surface area (Å²) in [5.41, 5.74) is 1.92. The van der Waals surface area contributed by atoms with Crippen LogP contribution in [0.4, 0.5) is 8.78 Å². The van der Waals surface area contributed by atoms with Crippen LogP contribution < -0.4 is 0 Å². The monoisotopic (exact) mass is 482 g/mol. The predicted molar refractivity (Wildman–Crippen MR) is 124 cm³/mol. The van der Waals surface area contributed by atoms with Crippen LogP contribution in [0.1, 0.15) is 87.7 Å². The third kappa shape index (κ3) is 5.11. The summed E-state index contributed by atoms with van der Waals surface area (Å²) < 4.78 is 56.3. The molecule has 2 aliphatic carbocycles. The molecular weight excluding hydrogens is 446 g/mol. The molecule has 8 heteroatoms. The number of amides is 1. The van der Waals surface area contributed by atoms with Crippen LogP contribution in [0.15, 0.2) is 23.1 Å². The summed E-state index contributed by atoms with van der Waals surface area (Å²) in [7, 11) is -2.21. The van der Waals surface area contributed by atoms with Crippen molar-refractivity contribution in [1.82, 2.24) is 9.21 Å². The van der Waals surface area contributed by atoms with E-state index < -0.39 is 22.0 Å². The standard InChI is InChI=1S/C25H36F2N2O3S/c1-18-10-11-23(21(17-18)19-7-4-3-5-8-19)33(31,32)29-16-6-9-22(29)24(30)28(2)20-12-14-25(26,27)15-13-20/h10-11,17,19-20,22H,3-9,12-16H2,1-2H3/t22-/m0/s1. The molecule has 0 unspecified atom stereocenters. The van der Waals surface area contributed by atoms with Gasteiger partial charge in [-0.1, -0.05) is 37.0 Å². The van der Waals surface area contributed by atoms with Gasteiger partial charge in [-0.2, -0.15) is 4.31 Å². The molecule has 0 N–H and O–H groups in total. The fourth-order valence-corrected chi connectivity index (χ4v) is 7.78. The molecule has 1 aliphatic heterocycles. The number of aryl methyl sites for hydroxylation is 1. The van der Waals surface area contributed by atoms with Crippen molar-refractivity contribution in [3.8, 4) is 0 Å². The Morgan fingerprint density at radius 3 is 2.36 bits per heavy atom. The number of sulfonamides is 1. The number of benzene rings is 1. The Hall–Kier alpha value is -1.54. The van der Waals surface area contributed by atoms with E-state index in [4.69, 9.17) is 0 Å². The summed E-state index contributed by atoms with van der Waals surface area (Å²) in [5, 5.41) is 0. The molecule has 1 atom stereocenters. The zero-order chi connectivity index (χ0) is 23.8. The molecule has 1 aromatic rings. The van der Waals surface area contributed by atoms with Gasteiger partial charge < -0.3 is 4.90 Å². The molecule has 184 valence electrons. The van der Waals surface area contributed by atoms with Gasteiger partial charge in [-0.15, -0.1) is 0 Å². The summed E-state index contributed by atoms with van der Waals surface area (Å²) in [6.07, 6.45) is 6.51. The minimum Gasteiger partial charge on any atom is -0.341 e. The first-order chi connectivity index (χ1) is 15.6. The van der Waals surface area contributed by atoms with Crippen molar-refractivity contribution in [2.45, 2.75) is 106 Å². The lowest BCUT2D eigenvalue weighted by Gasteiger charge is -2.37. The van der Waals surface area contributed by atoms with Gasteiger partial charge in [0.25, 0.3) is 0 Å². The van der Waals surface area contributed by atoms with E-state index in [0.29, 0.717) is 24.3 Å². The molecule has 4 rings (SSSR count). The summed E-state index contributed by atoms with van der Waals surface area (Å²) >= 11 is 0. The van der Waals surface area contributed by atoms with Crippen molar-refractivity contribution in [3.63, 3.8) is 0 Å². The maximum atomic E-state index is 13.9. The van der Waals surface area contributed by atoms with Crippen molar-refractivity contribution in [2.24, 2.45) is 0 Å². The smallest absolute Gasteiger partial charge is 0.248 e. The summed E-state index contributed by atoms with van der Waals surface area (Å²) in [6, 6.07) is 4.52. The zero-order valence-corrected chi connectivity index (χ0v) is 20.5. The average molecular weight is 483 g/mol. The Bertz CT molecular complexity index is 966. The third-order valence-corrected chi connectivity index (χ3v) is 9.85. The fraction of sp³-hybridized carbons (Fsp3) is 0.720. The highest BCUT2D eigenvalue weighted by molar-refractivity contribution is 7.89. The Morgan fingerprint density at radius 1 is 1.03 bits per heavy atom. The average Bonchev–Trinajstić information content (AvgIpc) is 3.29. The number of alkyl halides is 2. The van der Waals surface area contributed by atoms with E-state index in [9.17, 15) is 22.0 Å². The second-order valence-electron chi connectivity index (χ2n) is 10.2. The van der Waals surface area contributed by atoms with Gasteiger partial charge in [0.1, 0.15) is 6.04 Å². The van der Waals surface area contributed by atoms with Gasteiger partial charge in [-0.25, -0.2) is 17.2 Å². The van der Waals surface area contributed by atoms with Gasteiger partial charge in [0, 0.05) is 32.5 Å². The lowest BCUT2D eigenvalue weighted by molar-refractivity contribution is -0.138. The third-order valence-electron chi connectivity index (χ3n) is 7.87. The molecule has 1 heterocycles. The van der Waals surface area contributed by atoms with E-state index in [1.54, 1.807) is 13.1 Å². The number of nitrogens with zero attached hydrogens (tertiary/aromatic N) is 2. The number of likely N-dealkylation sites (N-methyl/N-ethyl adjacent to an activating group) is 1. The van der Waals surface area contributed by atoms with E-state index in [-0.39, 0.29) is 43.6 Å². The van der Waals surface area contributed by atoms with Crippen LogP contribution in [0.2, 0.25) is 0 Å². The number of rotatable bonds is 5. The fourth-order valence-electron chi connectivity index (χ4n) is 5.86. The van der Waals surface area contributed by atoms with Crippen molar-refractivity contribution in [3.05, 3.63) is 29.3 Å². The molecule has 3 aliphatic rings. The van der Waals surface area contributed by atoms with Crippen molar-refractivity contribution in [1.29, 1.82) is 0 Å². The largest absolute Gasteiger partial charge is 0.341 e. The molecule has 1 amide bonds. The van der Waals surface area contributed by atoms with Crippen LogP contribution in [-0.4, -0.2) is 55.1 Å². The normalized spacial score (nSPS) is 25.3. The van der Waals surface area contributed by atoms with E-state index in [2.05, 4.69) is 0 Å². The van der Waals surface area contributed by atoms with Gasteiger partial charge in [0.05, 0.1) is 4.90 Å². The molecule has 33 heavy (non-hydrogen) atoms. The Balaban J connectivity index is 1.57. The molecule has 0 radical (unpaired) electrons. The molecule has 5 nitrogen and oxygen atoms in total. The summed E-state index contributed by atoms with van der Waals surface area (Å²) in [6.45, 7) is 2.29. The summed E-state index contributed by atoms with van der Waals surface area (Å²) in [5.74, 6) is -2.70. The zero-order valence-electron chi connectivity index (χ0n) is 19.7. The maximum absolute atomic E-state index is 13.9. The van der Waals surface area contributed by atoms with Crippen molar-refractivity contribution in [2.75, 3.05) is 13.6 Å². The minimum atomic E-state index is -3.85. The Kier molecular flexibility index (Phi) is 7.16. The number of carbonyl (C=O) groups is 1. The highest BCUT2D eigenvalue weighted by Crippen LogP contribution is 2.39. The molecule has 1 saturated heterocycles. The Labute approximate surface area is 196 Å². The number of hydrogen-bond donors (Lipinski definition) is 0. The lowest BCUT2D eigenvalue weighted by atomic mass is 9.83. The first kappa shape index (κ1) is 24.6. The Morgan fingerprint density at radius 2 is 1.70 bits per heavy atom. The predicted octanol–water partition coefficient (Wildman–Crippen LogP) is 5.23. The van der Waals surface area contributed by atoms with Crippen LogP contribution >= 0.6 is 0 Å². The first-order valence-corrected chi connectivity index (χ1v) is 13.8. The van der Waals surface area contributed by atoms with E-state index in [1.807, 2.05) is 19.1 Å². The summed E-state index contributed by atoms with van der Waals surface area (Å²) in [4.78, 5) is 15.2. The van der Waals surface area contributed by atoms with Gasteiger partial charge >= 0.3 is 0 Å². The van der Waals surface area contributed by atoms with Gasteiger partial charge in [0.2, 0.25) is 21.9 Å². The van der Waals surface area contributed by atoms with E-state index in [1.165, 1.54) is 15.6 Å². The van der Waals surface area contributed by atoms with Gasteiger partial charge in [0.15, 0.2) is 0 Å². The molecule has 3 fully saturated rings. The van der Waals surface area contributed by atoms with E-state index in [0.717, 1.165) is 36.8 Å². The second kappa shape index (κ2) is 9.61. The highest BCUT2D eigenvalue weighted by Gasteiger charge is 2.44. The van der Waals surface area contributed by atoms with Crippen LogP contribution in [0.25, 0.3) is 0 Å². The van der Waals surface area contributed by atoms with E-state index >= 15 is 0 Å². The molecular formula is C25H36F2N2O3S. The minimum absolute atomic E-state index is 0.226. The SMILES string of the molecule is Cc1ccc(S(=O)(=O)N2CCC[C@H]2C(=O)N(C)C2CCC(F)(F)CC2)c(C2CCCCC2)c1. The van der Waals surface area contributed by atoms with Crippen LogP contribution in [-0.2, 0) is 14.8 Å². The van der Waals surface area contributed by atoms with Crippen LogP contribution in [0, 0.1) is 6.92 Å². The number of carbonyl (C=O) groups excluding carboxylic acids is 1. The van der Waals surface area contributed by atoms with Crippen molar-refractivity contribution < 1.29 is 22.0 Å². The van der Waals surface area contributed by atoms with Crippen LogP contribution in [0.5, 0.6) is 0 Å². The molecule has 1 aromatic carbocycles. The molecule has 2 saturated carbocycles. The van der Waals surface area contributed by atoms with Gasteiger partial charge in [-0.3, -0.25) is 4.79 Å². The van der Waals surface area contributed by atoms with Crippen molar-refractivity contribution >= 4 is 15.9 Å². The topological polar surface area (TPSA) is 57.7 Å². The molecule has 0 spiro atoms. The first-order valence-electron chi connectivity index (χ1n) is 12.4. The molecule has 0 aromatic heterocycles.